The molecule has 6 heteroatoms. The number of benzene rings is 1. The number of urea groups is 1. The fourth-order valence-electron chi connectivity index (χ4n) is 2.37. The molecule has 0 unspecified atom stereocenters. The van der Waals surface area contributed by atoms with Gasteiger partial charge < -0.3 is 10.6 Å². The summed E-state index contributed by atoms with van der Waals surface area (Å²) in [4.78, 5) is 37.6. The van der Waals surface area contributed by atoms with Crippen LogP contribution in [0, 0.1) is 0 Å². The van der Waals surface area contributed by atoms with E-state index in [2.05, 4.69) is 10.6 Å². The summed E-state index contributed by atoms with van der Waals surface area (Å²) in [5.41, 5.74) is -0.437. The summed E-state index contributed by atoms with van der Waals surface area (Å²) in [5.74, 6) is -0.752. The van der Waals surface area contributed by atoms with E-state index in [1.165, 1.54) is 0 Å². The Hall–Kier alpha value is -2.37. The zero-order chi connectivity index (χ0) is 16.3. The molecule has 1 fully saturated rings. The molecule has 0 aliphatic carbocycles. The van der Waals surface area contributed by atoms with Crippen molar-refractivity contribution in [3.05, 3.63) is 35.9 Å². The largest absolute Gasteiger partial charge is 0.352 e. The second-order valence-corrected chi connectivity index (χ2v) is 5.69. The van der Waals surface area contributed by atoms with Crippen molar-refractivity contribution in [1.29, 1.82) is 0 Å². The lowest BCUT2D eigenvalue weighted by Crippen LogP contribution is -2.44. The topological polar surface area (TPSA) is 78.5 Å². The average Bonchev–Trinajstić information content (AvgIpc) is 2.72. The van der Waals surface area contributed by atoms with Crippen molar-refractivity contribution in [3.63, 3.8) is 0 Å². The van der Waals surface area contributed by atoms with Gasteiger partial charge in [0.2, 0.25) is 5.91 Å². The lowest BCUT2D eigenvalue weighted by atomic mass is 9.92. The van der Waals surface area contributed by atoms with E-state index < -0.39 is 17.5 Å². The van der Waals surface area contributed by atoms with Crippen molar-refractivity contribution in [2.24, 2.45) is 0 Å². The van der Waals surface area contributed by atoms with Gasteiger partial charge in [0, 0.05) is 6.04 Å². The first-order valence-corrected chi connectivity index (χ1v) is 7.37. The van der Waals surface area contributed by atoms with Gasteiger partial charge in [0.25, 0.3) is 5.91 Å². The van der Waals surface area contributed by atoms with Gasteiger partial charge in [-0.2, -0.15) is 0 Å². The van der Waals surface area contributed by atoms with E-state index >= 15 is 0 Å². The molecule has 1 aromatic carbocycles. The van der Waals surface area contributed by atoms with Crippen LogP contribution in [0.5, 0.6) is 0 Å². The molecule has 4 amide bonds. The maximum absolute atomic E-state index is 12.6. The number of carbonyl (C=O) groups excluding carboxylic acids is 3. The molecule has 1 aliphatic rings. The van der Waals surface area contributed by atoms with E-state index in [9.17, 15) is 14.4 Å². The second kappa shape index (κ2) is 6.17. The minimum Gasteiger partial charge on any atom is -0.352 e. The van der Waals surface area contributed by atoms with E-state index in [0.29, 0.717) is 5.56 Å². The molecule has 0 radical (unpaired) electrons. The molecule has 1 aromatic rings. The molecule has 0 saturated carbocycles. The number of hydrogen-bond donors (Lipinski definition) is 2. The third-order valence-electron chi connectivity index (χ3n) is 3.95. The molecule has 1 saturated heterocycles. The van der Waals surface area contributed by atoms with Gasteiger partial charge in [0.1, 0.15) is 12.1 Å². The summed E-state index contributed by atoms with van der Waals surface area (Å²) in [7, 11) is 0. The van der Waals surface area contributed by atoms with Crippen molar-refractivity contribution in [3.8, 4) is 0 Å². The molecule has 0 spiro atoms. The lowest BCUT2D eigenvalue weighted by molar-refractivity contribution is -0.135. The van der Waals surface area contributed by atoms with Gasteiger partial charge in [0.05, 0.1) is 0 Å². The van der Waals surface area contributed by atoms with Gasteiger partial charge in [-0.15, -0.1) is 0 Å². The fourth-order valence-corrected chi connectivity index (χ4v) is 2.37. The Morgan fingerprint density at radius 2 is 1.95 bits per heavy atom. The van der Waals surface area contributed by atoms with E-state index in [1.807, 2.05) is 19.9 Å². The third-order valence-corrected chi connectivity index (χ3v) is 3.95. The number of amides is 4. The standard InChI is InChI=1S/C16H21N3O3/c1-4-11(2)17-13(20)10-19-14(21)16(3,18-15(19)22)12-8-6-5-7-9-12/h5-9,11H,4,10H2,1-3H3,(H,17,20)(H,18,22)/t11-,16-/m0/s1. The average molecular weight is 303 g/mol. The summed E-state index contributed by atoms with van der Waals surface area (Å²) in [5, 5.41) is 5.43. The summed E-state index contributed by atoms with van der Waals surface area (Å²) < 4.78 is 0. The first-order valence-electron chi connectivity index (χ1n) is 7.37. The van der Waals surface area contributed by atoms with Gasteiger partial charge >= 0.3 is 6.03 Å². The number of imide groups is 1. The minimum atomic E-state index is -1.13. The second-order valence-electron chi connectivity index (χ2n) is 5.69. The molecule has 0 bridgehead atoms. The van der Waals surface area contributed by atoms with E-state index in [4.69, 9.17) is 0 Å². The van der Waals surface area contributed by atoms with E-state index in [0.717, 1.165) is 11.3 Å². The Balaban J connectivity index is 2.14. The summed E-state index contributed by atoms with van der Waals surface area (Å²) in [6.45, 7) is 5.20. The van der Waals surface area contributed by atoms with Crippen LogP contribution in [0.1, 0.15) is 32.8 Å². The number of carbonyl (C=O) groups is 3. The van der Waals surface area contributed by atoms with Crippen LogP contribution in [0.25, 0.3) is 0 Å². The zero-order valence-corrected chi connectivity index (χ0v) is 13.1. The van der Waals surface area contributed by atoms with Crippen LogP contribution >= 0.6 is 0 Å². The molecule has 2 rings (SSSR count). The first-order chi connectivity index (χ1) is 10.4. The zero-order valence-electron chi connectivity index (χ0n) is 13.1. The van der Waals surface area contributed by atoms with Gasteiger partial charge in [0.15, 0.2) is 0 Å². The lowest BCUT2D eigenvalue weighted by Gasteiger charge is -2.22. The SMILES string of the molecule is CC[C@H](C)NC(=O)CN1C(=O)N[C@@](C)(c2ccccc2)C1=O. The highest BCUT2D eigenvalue weighted by atomic mass is 16.2. The Kier molecular flexibility index (Phi) is 4.49. The molecule has 22 heavy (non-hydrogen) atoms. The van der Waals surface area contributed by atoms with Crippen LogP contribution in [0.3, 0.4) is 0 Å². The Morgan fingerprint density at radius 1 is 1.32 bits per heavy atom. The first kappa shape index (κ1) is 16.0. The number of nitrogens with one attached hydrogen (secondary N) is 2. The normalized spacial score (nSPS) is 22.4. The van der Waals surface area contributed by atoms with Crippen molar-refractivity contribution >= 4 is 17.8 Å². The molecule has 1 aliphatic heterocycles. The molecule has 2 atom stereocenters. The van der Waals surface area contributed by atoms with Gasteiger partial charge in [-0.05, 0) is 25.8 Å². The van der Waals surface area contributed by atoms with Crippen molar-refractivity contribution in [2.75, 3.05) is 6.54 Å². The smallest absolute Gasteiger partial charge is 0.325 e. The van der Waals surface area contributed by atoms with Crippen LogP contribution in [-0.2, 0) is 15.1 Å². The summed E-state index contributed by atoms with van der Waals surface area (Å²) in [6, 6.07) is 8.47. The minimum absolute atomic E-state index is 0.00812. The van der Waals surface area contributed by atoms with Crippen LogP contribution in [0.2, 0.25) is 0 Å². The highest BCUT2D eigenvalue weighted by Crippen LogP contribution is 2.28. The fraction of sp³-hybridized carbons (Fsp3) is 0.438. The quantitative estimate of drug-likeness (QED) is 0.806. The van der Waals surface area contributed by atoms with Crippen LogP contribution in [0.4, 0.5) is 4.79 Å². The van der Waals surface area contributed by atoms with Gasteiger partial charge in [-0.3, -0.25) is 14.5 Å². The number of nitrogens with zero attached hydrogens (tertiary/aromatic N) is 1. The molecular formula is C16H21N3O3. The van der Waals surface area contributed by atoms with E-state index in [1.54, 1.807) is 31.2 Å². The van der Waals surface area contributed by atoms with Crippen molar-refractivity contribution in [2.45, 2.75) is 38.8 Å². The molecule has 2 N–H and O–H groups in total. The predicted molar refractivity (Wildman–Crippen MR) is 81.9 cm³/mol. The molecular weight excluding hydrogens is 282 g/mol. The predicted octanol–water partition coefficient (Wildman–Crippen LogP) is 1.37. The maximum Gasteiger partial charge on any atom is 0.325 e. The maximum atomic E-state index is 12.6. The molecule has 0 aromatic heterocycles. The third kappa shape index (κ3) is 2.95. The van der Waals surface area contributed by atoms with Crippen LogP contribution in [-0.4, -0.2) is 35.3 Å². The van der Waals surface area contributed by atoms with Crippen molar-refractivity contribution in [1.82, 2.24) is 15.5 Å². The number of rotatable bonds is 5. The highest BCUT2D eigenvalue weighted by molar-refractivity contribution is 6.09. The monoisotopic (exact) mass is 303 g/mol. The van der Waals surface area contributed by atoms with Crippen LogP contribution < -0.4 is 10.6 Å². The van der Waals surface area contributed by atoms with Gasteiger partial charge in [-0.1, -0.05) is 37.3 Å². The Labute approximate surface area is 129 Å². The van der Waals surface area contributed by atoms with Gasteiger partial charge in [-0.25, -0.2) is 4.79 Å². The van der Waals surface area contributed by atoms with Crippen molar-refractivity contribution < 1.29 is 14.4 Å². The van der Waals surface area contributed by atoms with E-state index in [-0.39, 0.29) is 18.5 Å². The Morgan fingerprint density at radius 3 is 2.55 bits per heavy atom. The molecule has 6 nitrogen and oxygen atoms in total. The Bertz CT molecular complexity index is 588. The number of hydrogen-bond acceptors (Lipinski definition) is 3. The molecule has 118 valence electrons. The summed E-state index contributed by atoms with van der Waals surface area (Å²) >= 11 is 0. The summed E-state index contributed by atoms with van der Waals surface area (Å²) in [6.07, 6.45) is 0.785. The molecule has 1 heterocycles. The van der Waals surface area contributed by atoms with Crippen LogP contribution in [0.15, 0.2) is 30.3 Å². The highest BCUT2D eigenvalue weighted by Gasteiger charge is 2.49.